The van der Waals surface area contributed by atoms with Crippen LogP contribution in [0.3, 0.4) is 0 Å². The van der Waals surface area contributed by atoms with Crippen molar-refractivity contribution >= 4 is 17.6 Å². The van der Waals surface area contributed by atoms with E-state index in [1.807, 2.05) is 49.4 Å². The number of nitrogens with zero attached hydrogens (tertiary/aromatic N) is 1. The first-order valence-electron chi connectivity index (χ1n) is 9.34. The Balaban J connectivity index is 1.96. The van der Waals surface area contributed by atoms with Crippen LogP contribution in [0.5, 0.6) is 11.5 Å². The number of hydrogen-bond donors (Lipinski definition) is 3. The minimum Gasteiger partial charge on any atom is -0.493 e. The number of ether oxygens (including phenoxy) is 2. The first kappa shape index (κ1) is 21.9. The zero-order valence-corrected chi connectivity index (χ0v) is 17.1. The number of halogens is 1. The molecular weight excluding hydrogens is 378 g/mol. The molecule has 0 radical (unpaired) electrons. The Hall–Kier alpha value is -2.44. The van der Waals surface area contributed by atoms with E-state index in [-0.39, 0.29) is 13.2 Å². The number of methoxy groups -OCH3 is 1. The van der Waals surface area contributed by atoms with Gasteiger partial charge >= 0.3 is 0 Å². The van der Waals surface area contributed by atoms with Crippen molar-refractivity contribution in [2.75, 3.05) is 33.4 Å². The van der Waals surface area contributed by atoms with Crippen LogP contribution in [-0.4, -0.2) is 44.5 Å². The molecule has 0 atom stereocenters. The normalized spacial score (nSPS) is 11.2. The summed E-state index contributed by atoms with van der Waals surface area (Å²) in [6, 6.07) is 13.5. The van der Waals surface area contributed by atoms with Crippen LogP contribution in [0.2, 0.25) is 5.02 Å². The minimum absolute atomic E-state index is 0.0406. The number of benzene rings is 2. The van der Waals surface area contributed by atoms with Crippen LogP contribution in [0.25, 0.3) is 0 Å². The largest absolute Gasteiger partial charge is 0.493 e. The summed E-state index contributed by atoms with van der Waals surface area (Å²) in [5.41, 5.74) is 2.10. The van der Waals surface area contributed by atoms with Crippen molar-refractivity contribution in [3.05, 3.63) is 58.6 Å². The van der Waals surface area contributed by atoms with Crippen LogP contribution in [0.4, 0.5) is 0 Å². The Kier molecular flexibility index (Phi) is 9.45. The summed E-state index contributed by atoms with van der Waals surface area (Å²) >= 11 is 6.21. The highest BCUT2D eigenvalue weighted by molar-refractivity contribution is 6.31. The summed E-state index contributed by atoms with van der Waals surface area (Å²) < 4.78 is 10.8. The highest BCUT2D eigenvalue weighted by Gasteiger charge is 2.06. The van der Waals surface area contributed by atoms with Gasteiger partial charge in [-0.15, -0.1) is 0 Å². The maximum absolute atomic E-state index is 8.90. The van der Waals surface area contributed by atoms with E-state index in [0.29, 0.717) is 18.0 Å². The first-order chi connectivity index (χ1) is 13.7. The average Bonchev–Trinajstić information content (AvgIpc) is 2.72. The van der Waals surface area contributed by atoms with Crippen molar-refractivity contribution < 1.29 is 14.6 Å². The zero-order chi connectivity index (χ0) is 20.2. The predicted molar refractivity (Wildman–Crippen MR) is 114 cm³/mol. The number of aliphatic imine (C=N–C) groups is 1. The third kappa shape index (κ3) is 6.94. The summed E-state index contributed by atoms with van der Waals surface area (Å²) in [4.78, 5) is 4.63. The second-order valence-electron chi connectivity index (χ2n) is 6.02. The lowest BCUT2D eigenvalue weighted by Crippen LogP contribution is -2.38. The highest BCUT2D eigenvalue weighted by Crippen LogP contribution is 2.28. The second-order valence-corrected chi connectivity index (χ2v) is 6.43. The van der Waals surface area contributed by atoms with E-state index in [4.69, 9.17) is 26.2 Å². The molecule has 0 aliphatic rings. The van der Waals surface area contributed by atoms with Crippen molar-refractivity contribution in [3.63, 3.8) is 0 Å². The Bertz CT molecular complexity index is 768. The van der Waals surface area contributed by atoms with E-state index < -0.39 is 0 Å². The summed E-state index contributed by atoms with van der Waals surface area (Å²) in [7, 11) is 1.59. The second kappa shape index (κ2) is 12.1. The quantitative estimate of drug-likeness (QED) is 0.418. The summed E-state index contributed by atoms with van der Waals surface area (Å²) in [5, 5.41) is 16.2. The smallest absolute Gasteiger partial charge is 0.191 e. The lowest BCUT2D eigenvalue weighted by Gasteiger charge is -2.13. The van der Waals surface area contributed by atoms with Gasteiger partial charge in [0.2, 0.25) is 0 Å². The standard InChI is InChI=1S/C21H28ClN3O3/c1-3-23-21(24-11-10-17-6-4-5-7-18(17)22)25-15-16-8-9-19(28-13-12-26)20(14-16)27-2/h4-9,14,26H,3,10-13,15H2,1-2H3,(H2,23,24,25). The minimum atomic E-state index is -0.0406. The molecule has 0 bridgehead atoms. The predicted octanol–water partition coefficient (Wildman–Crippen LogP) is 3.02. The van der Waals surface area contributed by atoms with Crippen LogP contribution in [0.15, 0.2) is 47.5 Å². The topological polar surface area (TPSA) is 75.1 Å². The van der Waals surface area contributed by atoms with Crippen LogP contribution in [-0.2, 0) is 13.0 Å². The van der Waals surface area contributed by atoms with Gasteiger partial charge in [-0.05, 0) is 42.7 Å². The van der Waals surface area contributed by atoms with Gasteiger partial charge in [-0.1, -0.05) is 35.9 Å². The first-order valence-corrected chi connectivity index (χ1v) is 9.71. The van der Waals surface area contributed by atoms with Crippen molar-refractivity contribution in [1.82, 2.24) is 10.6 Å². The Morgan fingerprint density at radius 3 is 2.68 bits per heavy atom. The van der Waals surface area contributed by atoms with Gasteiger partial charge in [0.1, 0.15) is 6.61 Å². The van der Waals surface area contributed by atoms with Gasteiger partial charge in [0, 0.05) is 18.1 Å². The number of hydrogen-bond acceptors (Lipinski definition) is 4. The lowest BCUT2D eigenvalue weighted by molar-refractivity contribution is 0.196. The summed E-state index contributed by atoms with van der Waals surface area (Å²) in [6.45, 7) is 4.22. The highest BCUT2D eigenvalue weighted by atomic mass is 35.5. The van der Waals surface area contributed by atoms with Crippen molar-refractivity contribution in [3.8, 4) is 11.5 Å². The molecule has 0 aromatic heterocycles. The fraction of sp³-hybridized carbons (Fsp3) is 0.381. The van der Waals surface area contributed by atoms with Gasteiger partial charge in [0.25, 0.3) is 0 Å². The molecule has 0 spiro atoms. The van der Waals surface area contributed by atoms with E-state index in [1.165, 1.54) is 0 Å². The van der Waals surface area contributed by atoms with Gasteiger partial charge in [-0.3, -0.25) is 0 Å². The fourth-order valence-electron chi connectivity index (χ4n) is 2.61. The molecule has 7 heteroatoms. The molecular formula is C21H28ClN3O3. The van der Waals surface area contributed by atoms with E-state index in [0.717, 1.165) is 41.6 Å². The number of rotatable bonds is 10. The van der Waals surface area contributed by atoms with Gasteiger partial charge < -0.3 is 25.2 Å². The van der Waals surface area contributed by atoms with Gasteiger partial charge in [-0.25, -0.2) is 4.99 Å². The van der Waals surface area contributed by atoms with Crippen LogP contribution in [0.1, 0.15) is 18.1 Å². The molecule has 2 rings (SSSR count). The molecule has 2 aromatic rings. The zero-order valence-electron chi connectivity index (χ0n) is 16.4. The third-order valence-corrected chi connectivity index (χ3v) is 4.35. The van der Waals surface area contributed by atoms with Crippen molar-refractivity contribution in [1.29, 1.82) is 0 Å². The molecule has 6 nitrogen and oxygen atoms in total. The van der Waals surface area contributed by atoms with Gasteiger partial charge in [0.15, 0.2) is 17.5 Å². The Morgan fingerprint density at radius 1 is 1.14 bits per heavy atom. The van der Waals surface area contributed by atoms with E-state index in [2.05, 4.69) is 15.6 Å². The maximum atomic E-state index is 8.90. The maximum Gasteiger partial charge on any atom is 0.191 e. The Morgan fingerprint density at radius 2 is 1.96 bits per heavy atom. The number of guanidine groups is 1. The molecule has 3 N–H and O–H groups in total. The molecule has 28 heavy (non-hydrogen) atoms. The molecule has 0 heterocycles. The molecule has 0 aliphatic heterocycles. The van der Waals surface area contributed by atoms with E-state index in [9.17, 15) is 0 Å². The average molecular weight is 406 g/mol. The van der Waals surface area contributed by atoms with Crippen LogP contribution >= 0.6 is 11.6 Å². The molecule has 0 aliphatic carbocycles. The SMILES string of the molecule is CCNC(=NCc1ccc(OCCO)c(OC)c1)NCCc1ccccc1Cl. The van der Waals surface area contributed by atoms with Crippen molar-refractivity contribution in [2.24, 2.45) is 4.99 Å². The fourth-order valence-corrected chi connectivity index (χ4v) is 2.84. The number of nitrogens with one attached hydrogen (secondary N) is 2. The third-order valence-electron chi connectivity index (χ3n) is 3.99. The summed E-state index contributed by atoms with van der Waals surface area (Å²) in [6.07, 6.45) is 0.814. The molecule has 0 saturated carbocycles. The van der Waals surface area contributed by atoms with Crippen LogP contribution in [0, 0.1) is 0 Å². The molecule has 152 valence electrons. The van der Waals surface area contributed by atoms with Crippen molar-refractivity contribution in [2.45, 2.75) is 19.9 Å². The molecule has 0 saturated heterocycles. The molecule has 0 fully saturated rings. The molecule has 2 aromatic carbocycles. The molecule has 0 amide bonds. The van der Waals surface area contributed by atoms with Gasteiger partial charge in [-0.2, -0.15) is 0 Å². The van der Waals surface area contributed by atoms with E-state index >= 15 is 0 Å². The molecule has 0 unspecified atom stereocenters. The Labute approximate surface area is 171 Å². The van der Waals surface area contributed by atoms with Crippen LogP contribution < -0.4 is 20.1 Å². The monoisotopic (exact) mass is 405 g/mol. The number of aliphatic hydroxyl groups is 1. The van der Waals surface area contributed by atoms with Gasteiger partial charge in [0.05, 0.1) is 20.3 Å². The van der Waals surface area contributed by atoms with E-state index in [1.54, 1.807) is 7.11 Å². The summed E-state index contributed by atoms with van der Waals surface area (Å²) in [5.74, 6) is 1.97. The number of aliphatic hydroxyl groups excluding tert-OH is 1. The lowest BCUT2D eigenvalue weighted by atomic mass is 10.1.